The Morgan fingerprint density at radius 3 is 2.61 bits per heavy atom. The van der Waals surface area contributed by atoms with Gasteiger partial charge in [0.15, 0.2) is 5.76 Å². The number of methoxy groups -OCH3 is 1. The van der Waals surface area contributed by atoms with E-state index in [9.17, 15) is 9.59 Å². The van der Waals surface area contributed by atoms with Crippen molar-refractivity contribution < 1.29 is 18.7 Å². The average molecular weight is 467 g/mol. The molecule has 0 bridgehead atoms. The number of ether oxygens (including phenoxy) is 1. The van der Waals surface area contributed by atoms with Gasteiger partial charge in [-0.1, -0.05) is 42.1 Å². The summed E-state index contributed by atoms with van der Waals surface area (Å²) in [5.74, 6) is 1.32. The van der Waals surface area contributed by atoms with Crippen LogP contribution in [0.2, 0.25) is 0 Å². The Bertz CT molecular complexity index is 1090. The third-order valence-corrected chi connectivity index (χ3v) is 6.39. The van der Waals surface area contributed by atoms with Crippen molar-refractivity contribution >= 4 is 23.6 Å². The summed E-state index contributed by atoms with van der Waals surface area (Å²) in [5.41, 5.74) is 1.85. The average Bonchev–Trinajstić information content (AvgIpc) is 3.32. The maximum absolute atomic E-state index is 12.9. The Hall–Kier alpha value is -3.17. The molecule has 3 aromatic rings. The molecule has 0 radical (unpaired) electrons. The van der Waals surface area contributed by atoms with E-state index < -0.39 is 0 Å². The van der Waals surface area contributed by atoms with Crippen LogP contribution in [0.15, 0.2) is 64.0 Å². The first kappa shape index (κ1) is 23.0. The number of thioether (sulfide) groups is 1. The highest BCUT2D eigenvalue weighted by Crippen LogP contribution is 2.24. The van der Waals surface area contributed by atoms with Crippen LogP contribution in [-0.2, 0) is 15.3 Å². The highest BCUT2D eigenvalue weighted by Gasteiger charge is 2.31. The van der Waals surface area contributed by atoms with Crippen LogP contribution in [0.4, 0.5) is 0 Å². The topological polar surface area (TPSA) is 88.8 Å². The molecule has 172 valence electrons. The summed E-state index contributed by atoms with van der Waals surface area (Å²) in [4.78, 5) is 28.5. The number of nitrogens with zero attached hydrogens (tertiary/aromatic N) is 4. The fourth-order valence-corrected chi connectivity index (χ4v) is 4.46. The predicted molar refractivity (Wildman–Crippen MR) is 125 cm³/mol. The van der Waals surface area contributed by atoms with Crippen molar-refractivity contribution in [1.82, 2.24) is 20.0 Å². The van der Waals surface area contributed by atoms with Gasteiger partial charge in [0.25, 0.3) is 5.91 Å². The van der Waals surface area contributed by atoms with Crippen LogP contribution in [0.3, 0.4) is 0 Å². The van der Waals surface area contributed by atoms with Crippen molar-refractivity contribution in [2.75, 3.05) is 33.4 Å². The molecule has 0 spiro atoms. The van der Waals surface area contributed by atoms with Gasteiger partial charge in [-0.15, -0.1) is 10.2 Å². The molecule has 1 aromatic carbocycles. The Kier molecular flexibility index (Phi) is 7.41. The second-order valence-corrected chi connectivity index (χ2v) is 8.79. The highest BCUT2D eigenvalue weighted by atomic mass is 32.2. The summed E-state index contributed by atoms with van der Waals surface area (Å²) < 4.78 is 10.7. The van der Waals surface area contributed by atoms with Crippen molar-refractivity contribution in [1.29, 1.82) is 0 Å². The zero-order valence-corrected chi connectivity index (χ0v) is 19.5. The van der Waals surface area contributed by atoms with E-state index in [1.165, 1.54) is 18.9 Å². The lowest BCUT2D eigenvalue weighted by molar-refractivity contribution is -0.139. The van der Waals surface area contributed by atoms with Gasteiger partial charge in [-0.25, -0.2) is 0 Å². The normalized spacial score (nSPS) is 16.1. The van der Waals surface area contributed by atoms with Crippen LogP contribution >= 0.6 is 11.8 Å². The van der Waals surface area contributed by atoms with E-state index in [1.807, 2.05) is 55.5 Å². The standard InChI is InChI=1S/C24H26N4O4S/c1-17-14-27(12-13-28(17)23(29)15-31-2)24(30)21-10-8-19(32-21)16-33-22-11-9-20(25-26-22)18-6-4-3-5-7-18/h3-11,17H,12-16H2,1-2H3/t17-/m0/s1. The SMILES string of the molecule is COCC(=O)N1CCN(C(=O)c2ccc(CSc3ccc(-c4ccccc4)nn3)o2)C[C@@H]1C. The smallest absolute Gasteiger partial charge is 0.289 e. The summed E-state index contributed by atoms with van der Waals surface area (Å²) in [7, 11) is 1.50. The van der Waals surface area contributed by atoms with Gasteiger partial charge in [-0.05, 0) is 31.2 Å². The van der Waals surface area contributed by atoms with Crippen LogP contribution in [0.5, 0.6) is 0 Å². The van der Waals surface area contributed by atoms with E-state index in [0.717, 1.165) is 16.3 Å². The zero-order valence-electron chi connectivity index (χ0n) is 18.6. The molecule has 0 N–H and O–H groups in total. The molecule has 4 rings (SSSR count). The maximum atomic E-state index is 12.9. The van der Waals surface area contributed by atoms with Crippen LogP contribution < -0.4 is 0 Å². The molecule has 1 aliphatic heterocycles. The van der Waals surface area contributed by atoms with Gasteiger partial charge in [0.2, 0.25) is 5.91 Å². The van der Waals surface area contributed by atoms with Gasteiger partial charge in [0.05, 0.1) is 11.4 Å². The fraction of sp³-hybridized carbons (Fsp3) is 0.333. The molecule has 0 saturated carbocycles. The van der Waals surface area contributed by atoms with Gasteiger partial charge in [-0.2, -0.15) is 0 Å². The largest absolute Gasteiger partial charge is 0.455 e. The third-order valence-electron chi connectivity index (χ3n) is 5.45. The molecule has 1 atom stereocenters. The van der Waals surface area contributed by atoms with Gasteiger partial charge >= 0.3 is 0 Å². The van der Waals surface area contributed by atoms with E-state index in [2.05, 4.69) is 10.2 Å². The fourth-order valence-electron chi connectivity index (χ4n) is 3.75. The molecule has 2 aromatic heterocycles. The van der Waals surface area contributed by atoms with Gasteiger partial charge in [0.1, 0.15) is 17.4 Å². The van der Waals surface area contributed by atoms with Crippen molar-refractivity contribution in [3.05, 3.63) is 66.1 Å². The minimum atomic E-state index is -0.163. The molecule has 3 heterocycles. The minimum absolute atomic E-state index is 0.0524. The van der Waals surface area contributed by atoms with Gasteiger partial charge in [-0.3, -0.25) is 9.59 Å². The number of furan rings is 1. The first-order valence-corrected chi connectivity index (χ1v) is 11.7. The Balaban J connectivity index is 1.31. The summed E-state index contributed by atoms with van der Waals surface area (Å²) in [5, 5.41) is 9.36. The molecule has 2 amide bonds. The number of hydrogen-bond acceptors (Lipinski definition) is 7. The van der Waals surface area contributed by atoms with Crippen molar-refractivity contribution in [2.24, 2.45) is 0 Å². The number of benzene rings is 1. The van der Waals surface area contributed by atoms with Crippen LogP contribution in [0.1, 0.15) is 23.2 Å². The number of aromatic nitrogens is 2. The number of carbonyl (C=O) groups is 2. The van der Waals surface area contributed by atoms with Gasteiger partial charge < -0.3 is 19.0 Å². The minimum Gasteiger partial charge on any atom is -0.455 e. The van der Waals surface area contributed by atoms with Crippen molar-refractivity contribution in [3.63, 3.8) is 0 Å². The van der Waals surface area contributed by atoms with E-state index in [-0.39, 0.29) is 24.5 Å². The van der Waals surface area contributed by atoms with Crippen molar-refractivity contribution in [2.45, 2.75) is 23.7 Å². The van der Waals surface area contributed by atoms with E-state index in [0.29, 0.717) is 36.9 Å². The quantitative estimate of drug-likeness (QED) is 0.494. The lowest BCUT2D eigenvalue weighted by Crippen LogP contribution is -2.56. The highest BCUT2D eigenvalue weighted by molar-refractivity contribution is 7.98. The second kappa shape index (κ2) is 10.6. The molecule has 0 aliphatic carbocycles. The van der Waals surface area contributed by atoms with Crippen LogP contribution in [0.25, 0.3) is 11.3 Å². The molecule has 33 heavy (non-hydrogen) atoms. The third kappa shape index (κ3) is 5.61. The molecule has 1 aliphatic rings. The number of rotatable bonds is 7. The Labute approximate surface area is 196 Å². The molecule has 8 nitrogen and oxygen atoms in total. The molecule has 9 heteroatoms. The lowest BCUT2D eigenvalue weighted by atomic mass is 10.1. The first-order chi connectivity index (χ1) is 16.0. The Morgan fingerprint density at radius 2 is 1.91 bits per heavy atom. The number of hydrogen-bond donors (Lipinski definition) is 0. The van der Waals surface area contributed by atoms with E-state index in [1.54, 1.807) is 15.9 Å². The lowest BCUT2D eigenvalue weighted by Gasteiger charge is -2.39. The summed E-state index contributed by atoms with van der Waals surface area (Å²) >= 11 is 1.50. The molecule has 1 saturated heterocycles. The summed E-state index contributed by atoms with van der Waals surface area (Å²) in [6, 6.07) is 17.2. The zero-order chi connectivity index (χ0) is 23.2. The Morgan fingerprint density at radius 1 is 1.09 bits per heavy atom. The molecule has 0 unspecified atom stereocenters. The molecule has 1 fully saturated rings. The number of amides is 2. The van der Waals surface area contributed by atoms with Crippen molar-refractivity contribution in [3.8, 4) is 11.3 Å². The predicted octanol–water partition coefficient (Wildman–Crippen LogP) is 3.35. The molecular weight excluding hydrogens is 440 g/mol. The second-order valence-electron chi connectivity index (χ2n) is 7.80. The maximum Gasteiger partial charge on any atom is 0.289 e. The van der Waals surface area contributed by atoms with Crippen LogP contribution in [0, 0.1) is 0 Å². The number of carbonyl (C=O) groups excluding carboxylic acids is 2. The van der Waals surface area contributed by atoms with Gasteiger partial charge in [0, 0.05) is 38.3 Å². The number of piperazine rings is 1. The van der Waals surface area contributed by atoms with Crippen LogP contribution in [-0.4, -0.2) is 71.2 Å². The van der Waals surface area contributed by atoms with E-state index in [4.69, 9.17) is 9.15 Å². The summed E-state index contributed by atoms with van der Waals surface area (Å²) in [6.07, 6.45) is 0. The summed E-state index contributed by atoms with van der Waals surface area (Å²) in [6.45, 7) is 3.39. The van der Waals surface area contributed by atoms with E-state index >= 15 is 0 Å². The monoisotopic (exact) mass is 466 g/mol. The molecular formula is C24H26N4O4S. The first-order valence-electron chi connectivity index (χ1n) is 10.7.